The molecule has 25 heavy (non-hydrogen) atoms. The zero-order chi connectivity index (χ0) is 17.9. The van der Waals surface area contributed by atoms with Crippen LogP contribution in [0.2, 0.25) is 0 Å². The minimum Gasteiger partial charge on any atom is -0.474 e. The van der Waals surface area contributed by atoms with Crippen LogP contribution in [-0.2, 0) is 16.1 Å². The number of non-ortho nitro benzene ring substituents is 1. The van der Waals surface area contributed by atoms with E-state index < -0.39 is 10.3 Å². The third-order valence-corrected chi connectivity index (χ3v) is 4.97. The van der Waals surface area contributed by atoms with Crippen molar-refractivity contribution in [3.05, 3.63) is 39.9 Å². The average Bonchev–Trinajstić information content (AvgIpc) is 3.20. The summed E-state index contributed by atoms with van der Waals surface area (Å²) >= 11 is 0. The van der Waals surface area contributed by atoms with Crippen LogP contribution in [-0.4, -0.2) is 28.3 Å². The smallest absolute Gasteiger partial charge is 0.269 e. The molecule has 0 N–H and O–H groups in total. The van der Waals surface area contributed by atoms with E-state index in [2.05, 4.69) is 12.0 Å². The maximum absolute atomic E-state index is 12.8. The predicted molar refractivity (Wildman–Crippen MR) is 92.8 cm³/mol. The Kier molecular flexibility index (Phi) is 5.01. The highest BCUT2D eigenvalue weighted by molar-refractivity contribution is 6.09. The van der Waals surface area contributed by atoms with Crippen LogP contribution in [0.5, 0.6) is 0 Å². The molecule has 7 nitrogen and oxygen atoms in total. The van der Waals surface area contributed by atoms with E-state index in [9.17, 15) is 14.9 Å². The summed E-state index contributed by atoms with van der Waals surface area (Å²) in [6.07, 6.45) is 5.51. The molecule has 1 spiro atoms. The Morgan fingerprint density at radius 3 is 2.56 bits per heavy atom. The third kappa shape index (κ3) is 3.36. The van der Waals surface area contributed by atoms with Gasteiger partial charge in [0.1, 0.15) is 12.0 Å². The van der Waals surface area contributed by atoms with Gasteiger partial charge < -0.3 is 4.74 Å². The molecule has 1 amide bonds. The van der Waals surface area contributed by atoms with Crippen LogP contribution < -0.4 is 0 Å². The summed E-state index contributed by atoms with van der Waals surface area (Å²) in [5.41, 5.74) is 0.283. The van der Waals surface area contributed by atoms with Gasteiger partial charge in [0.05, 0.1) is 4.92 Å². The number of hydrogen-bond donors (Lipinski definition) is 0. The molecule has 0 atom stereocenters. The highest BCUT2D eigenvalue weighted by atomic mass is 16.6. The van der Waals surface area contributed by atoms with Crippen molar-refractivity contribution < 1.29 is 14.5 Å². The number of amides is 1. The molecule has 0 bridgehead atoms. The fourth-order valence-corrected chi connectivity index (χ4v) is 3.49. The summed E-state index contributed by atoms with van der Waals surface area (Å²) in [6, 6.07) is 6.26. The van der Waals surface area contributed by atoms with Gasteiger partial charge >= 0.3 is 0 Å². The molecule has 1 aromatic rings. The van der Waals surface area contributed by atoms with Gasteiger partial charge in [0.15, 0.2) is 0 Å². The Hall–Kier alpha value is -2.44. The van der Waals surface area contributed by atoms with E-state index >= 15 is 0 Å². The number of carbonyl (C=O) groups is 1. The van der Waals surface area contributed by atoms with Crippen molar-refractivity contribution in [1.29, 1.82) is 0 Å². The SMILES string of the molecule is CCCCN1N=C(OCc2ccc([N+](=O)[O-])cc2)C2(CCCC2)C1=O. The van der Waals surface area contributed by atoms with Gasteiger partial charge in [-0.3, -0.25) is 14.9 Å². The largest absolute Gasteiger partial charge is 0.474 e. The number of benzene rings is 1. The van der Waals surface area contributed by atoms with Gasteiger partial charge in [0.25, 0.3) is 11.6 Å². The number of nitro groups is 1. The van der Waals surface area contributed by atoms with Crippen LogP contribution in [0.4, 0.5) is 5.69 Å². The summed E-state index contributed by atoms with van der Waals surface area (Å²) in [4.78, 5) is 23.1. The van der Waals surface area contributed by atoms with E-state index in [1.54, 1.807) is 17.1 Å². The number of hydrogen-bond acceptors (Lipinski definition) is 5. The summed E-state index contributed by atoms with van der Waals surface area (Å²) in [7, 11) is 0. The van der Waals surface area contributed by atoms with Crippen molar-refractivity contribution in [3.63, 3.8) is 0 Å². The minimum atomic E-state index is -0.589. The first-order valence-corrected chi connectivity index (χ1v) is 8.84. The van der Waals surface area contributed by atoms with Gasteiger partial charge in [-0.2, -0.15) is 0 Å². The molecule has 1 heterocycles. The molecule has 0 saturated heterocycles. The molecule has 1 aliphatic heterocycles. The maximum Gasteiger partial charge on any atom is 0.269 e. The Bertz CT molecular complexity index is 678. The Morgan fingerprint density at radius 1 is 1.28 bits per heavy atom. The second-order valence-electron chi connectivity index (χ2n) is 6.69. The molecule has 134 valence electrons. The molecule has 1 fully saturated rings. The number of rotatable bonds is 6. The van der Waals surface area contributed by atoms with Gasteiger partial charge in [-0.15, -0.1) is 5.10 Å². The van der Waals surface area contributed by atoms with E-state index in [0.29, 0.717) is 12.4 Å². The number of unbranched alkanes of at least 4 members (excludes halogenated alkanes) is 1. The van der Waals surface area contributed by atoms with Gasteiger partial charge in [0.2, 0.25) is 5.90 Å². The van der Waals surface area contributed by atoms with Gasteiger partial charge in [0, 0.05) is 18.7 Å². The Labute approximate surface area is 146 Å². The van der Waals surface area contributed by atoms with E-state index in [1.165, 1.54) is 12.1 Å². The molecule has 3 rings (SSSR count). The van der Waals surface area contributed by atoms with E-state index in [0.717, 1.165) is 44.1 Å². The number of carbonyl (C=O) groups excluding carboxylic acids is 1. The molecule has 1 saturated carbocycles. The summed E-state index contributed by atoms with van der Waals surface area (Å²) < 4.78 is 5.93. The molecule has 0 aromatic heterocycles. The van der Waals surface area contributed by atoms with Gasteiger partial charge in [-0.25, -0.2) is 5.01 Å². The first-order chi connectivity index (χ1) is 12.1. The summed E-state index contributed by atoms with van der Waals surface area (Å²) in [5, 5.41) is 16.8. The quantitative estimate of drug-likeness (QED) is 0.582. The number of hydrazone groups is 1. The van der Waals surface area contributed by atoms with Crippen molar-refractivity contribution in [2.45, 2.75) is 52.1 Å². The van der Waals surface area contributed by atoms with Crippen LogP contribution in [0, 0.1) is 15.5 Å². The normalized spacial score (nSPS) is 18.7. The molecular weight excluding hydrogens is 322 g/mol. The van der Waals surface area contributed by atoms with E-state index in [1.807, 2.05) is 0 Å². The molecule has 7 heteroatoms. The maximum atomic E-state index is 12.8. The fourth-order valence-electron chi connectivity index (χ4n) is 3.49. The molecule has 0 unspecified atom stereocenters. The predicted octanol–water partition coefficient (Wildman–Crippen LogP) is 3.63. The second kappa shape index (κ2) is 7.21. The zero-order valence-electron chi connectivity index (χ0n) is 14.4. The van der Waals surface area contributed by atoms with E-state index in [-0.39, 0.29) is 18.2 Å². The zero-order valence-corrected chi connectivity index (χ0v) is 14.4. The lowest BCUT2D eigenvalue weighted by Crippen LogP contribution is -2.38. The minimum absolute atomic E-state index is 0.0511. The average molecular weight is 345 g/mol. The topological polar surface area (TPSA) is 85.0 Å². The van der Waals surface area contributed by atoms with Crippen LogP contribution in [0.15, 0.2) is 29.4 Å². The highest BCUT2D eigenvalue weighted by Gasteiger charge is 2.53. The van der Waals surface area contributed by atoms with Crippen molar-refractivity contribution in [1.82, 2.24) is 5.01 Å². The van der Waals surface area contributed by atoms with Crippen LogP contribution in [0.3, 0.4) is 0 Å². The number of nitro benzene ring substituents is 1. The van der Waals surface area contributed by atoms with Crippen molar-refractivity contribution >= 4 is 17.5 Å². The molecule has 1 aliphatic carbocycles. The molecule has 2 aliphatic rings. The number of ether oxygens (including phenoxy) is 1. The van der Waals surface area contributed by atoms with Crippen LogP contribution in [0.1, 0.15) is 51.0 Å². The third-order valence-electron chi connectivity index (χ3n) is 4.97. The van der Waals surface area contributed by atoms with Gasteiger partial charge in [-0.1, -0.05) is 26.2 Å². The van der Waals surface area contributed by atoms with Crippen LogP contribution >= 0.6 is 0 Å². The standard InChI is InChI=1S/C18H23N3O4/c1-2-3-12-20-17(22)18(10-4-5-11-18)16(19-20)25-13-14-6-8-15(9-7-14)21(23)24/h6-9H,2-5,10-13H2,1H3. The molecular formula is C18H23N3O4. The van der Waals surface area contributed by atoms with Crippen molar-refractivity contribution in [3.8, 4) is 0 Å². The summed E-state index contributed by atoms with van der Waals surface area (Å²) in [5.74, 6) is 0.585. The monoisotopic (exact) mass is 345 g/mol. The summed E-state index contributed by atoms with van der Waals surface area (Å²) in [6.45, 7) is 2.97. The lowest BCUT2D eigenvalue weighted by Gasteiger charge is -2.23. The van der Waals surface area contributed by atoms with Crippen molar-refractivity contribution in [2.24, 2.45) is 10.5 Å². The lowest BCUT2D eigenvalue weighted by atomic mass is 9.85. The fraction of sp³-hybridized carbons (Fsp3) is 0.556. The first kappa shape index (κ1) is 17.4. The van der Waals surface area contributed by atoms with Gasteiger partial charge in [-0.05, 0) is 37.0 Å². The first-order valence-electron chi connectivity index (χ1n) is 8.84. The van der Waals surface area contributed by atoms with Crippen LogP contribution in [0.25, 0.3) is 0 Å². The second-order valence-corrected chi connectivity index (χ2v) is 6.69. The van der Waals surface area contributed by atoms with Crippen molar-refractivity contribution in [2.75, 3.05) is 6.54 Å². The Morgan fingerprint density at radius 2 is 1.96 bits per heavy atom. The van der Waals surface area contributed by atoms with E-state index in [4.69, 9.17) is 4.74 Å². The molecule has 1 aromatic carbocycles. The lowest BCUT2D eigenvalue weighted by molar-refractivity contribution is -0.384. The molecule has 0 radical (unpaired) electrons. The highest BCUT2D eigenvalue weighted by Crippen LogP contribution is 2.45. The Balaban J connectivity index is 1.72. The number of nitrogens with zero attached hydrogens (tertiary/aromatic N) is 3.